The van der Waals surface area contributed by atoms with Crippen LogP contribution in [0.1, 0.15) is 19.4 Å². The topological polar surface area (TPSA) is 58.7 Å². The Bertz CT molecular complexity index is 559. The number of carbonyl (C=O) groups is 1. The van der Waals surface area contributed by atoms with Crippen molar-refractivity contribution in [2.45, 2.75) is 31.8 Å². The third-order valence-electron chi connectivity index (χ3n) is 3.53. The monoisotopic (exact) mass is 255 g/mol. The molecule has 19 heavy (non-hydrogen) atoms. The van der Waals surface area contributed by atoms with Gasteiger partial charge in [0.25, 0.3) is 0 Å². The fraction of sp³-hybridized carbons (Fsp3) is 0.333. The minimum absolute atomic E-state index is 0.323. The quantitative estimate of drug-likeness (QED) is 0.837. The van der Waals surface area contributed by atoms with Crippen LogP contribution in [0.15, 0.2) is 35.3 Å². The van der Waals surface area contributed by atoms with Crippen molar-refractivity contribution in [2.75, 3.05) is 0 Å². The smallest absolute Gasteiger partial charge is 0.347 e. The van der Waals surface area contributed by atoms with Gasteiger partial charge in [-0.2, -0.15) is 4.99 Å². The highest BCUT2D eigenvalue weighted by molar-refractivity contribution is 6.06. The van der Waals surface area contributed by atoms with Crippen molar-refractivity contribution in [3.63, 3.8) is 0 Å². The van der Waals surface area contributed by atoms with Crippen LogP contribution in [0.2, 0.25) is 0 Å². The van der Waals surface area contributed by atoms with Crippen molar-refractivity contribution in [1.29, 1.82) is 0 Å². The lowest BCUT2D eigenvalue weighted by Gasteiger charge is -2.37. The summed E-state index contributed by atoms with van der Waals surface area (Å²) in [6.07, 6.45) is 6.04. The van der Waals surface area contributed by atoms with E-state index in [1.54, 1.807) is 11.8 Å². The standard InChI is InChI=1S/C15H17N3O/c1-4-11(2)18-14(19)17-13(16)15(18,3)10-12-8-6-5-7-9-12/h1,5-9,11H,10H2,2-3H3,(H2,16,17,19). The molecule has 2 rings (SSSR count). The van der Waals surface area contributed by atoms with E-state index in [9.17, 15) is 4.79 Å². The van der Waals surface area contributed by atoms with Crippen molar-refractivity contribution in [3.8, 4) is 12.3 Å². The van der Waals surface area contributed by atoms with E-state index in [1.807, 2.05) is 37.3 Å². The molecule has 1 aliphatic rings. The second-order valence-corrected chi connectivity index (χ2v) is 4.93. The fourth-order valence-corrected chi connectivity index (χ4v) is 2.45. The largest absolute Gasteiger partial charge is 0.385 e. The molecular weight excluding hydrogens is 238 g/mol. The second-order valence-electron chi connectivity index (χ2n) is 4.93. The van der Waals surface area contributed by atoms with Gasteiger partial charge in [0.1, 0.15) is 11.4 Å². The maximum absolute atomic E-state index is 12.0. The molecule has 4 heteroatoms. The number of aliphatic imine (C=N–C) groups is 1. The minimum atomic E-state index is -0.662. The first-order valence-corrected chi connectivity index (χ1v) is 6.17. The third-order valence-corrected chi connectivity index (χ3v) is 3.53. The normalized spacial score (nSPS) is 23.9. The first-order valence-electron chi connectivity index (χ1n) is 6.17. The zero-order valence-corrected chi connectivity index (χ0v) is 11.1. The Morgan fingerprint density at radius 1 is 1.47 bits per heavy atom. The molecular formula is C15H17N3O. The van der Waals surface area contributed by atoms with Crippen LogP contribution >= 0.6 is 0 Å². The van der Waals surface area contributed by atoms with E-state index >= 15 is 0 Å². The molecule has 0 spiro atoms. The molecule has 1 aromatic carbocycles. The highest BCUT2D eigenvalue weighted by Gasteiger charge is 2.46. The summed E-state index contributed by atoms with van der Waals surface area (Å²) in [4.78, 5) is 17.4. The van der Waals surface area contributed by atoms with Crippen LogP contribution < -0.4 is 5.73 Å². The molecule has 1 heterocycles. The predicted molar refractivity (Wildman–Crippen MR) is 75.7 cm³/mol. The van der Waals surface area contributed by atoms with E-state index in [2.05, 4.69) is 10.9 Å². The summed E-state index contributed by atoms with van der Waals surface area (Å²) < 4.78 is 0. The lowest BCUT2D eigenvalue weighted by molar-refractivity contribution is 0.166. The molecule has 0 bridgehead atoms. The van der Waals surface area contributed by atoms with Crippen LogP contribution in [0, 0.1) is 12.3 Å². The van der Waals surface area contributed by atoms with Gasteiger partial charge in [-0.05, 0) is 19.4 Å². The molecule has 2 atom stereocenters. The highest BCUT2D eigenvalue weighted by Crippen LogP contribution is 2.29. The molecule has 2 amide bonds. The van der Waals surface area contributed by atoms with Gasteiger partial charge >= 0.3 is 6.03 Å². The molecule has 2 unspecified atom stereocenters. The number of nitrogens with zero attached hydrogens (tertiary/aromatic N) is 2. The van der Waals surface area contributed by atoms with Gasteiger partial charge in [0.15, 0.2) is 0 Å². The number of hydrogen-bond acceptors (Lipinski definition) is 2. The Kier molecular flexibility index (Phi) is 3.30. The van der Waals surface area contributed by atoms with Gasteiger partial charge in [-0.3, -0.25) is 4.90 Å². The Morgan fingerprint density at radius 2 is 2.11 bits per heavy atom. The summed E-state index contributed by atoms with van der Waals surface area (Å²) in [5.74, 6) is 2.90. The zero-order valence-electron chi connectivity index (χ0n) is 11.1. The van der Waals surface area contributed by atoms with Gasteiger partial charge in [0.05, 0.1) is 6.04 Å². The van der Waals surface area contributed by atoms with Gasteiger partial charge in [0.2, 0.25) is 0 Å². The Labute approximate surface area is 113 Å². The van der Waals surface area contributed by atoms with E-state index in [0.29, 0.717) is 12.3 Å². The van der Waals surface area contributed by atoms with Crippen LogP contribution in [0.4, 0.5) is 4.79 Å². The van der Waals surface area contributed by atoms with Crippen molar-refractivity contribution in [2.24, 2.45) is 10.7 Å². The molecule has 4 nitrogen and oxygen atoms in total. The first kappa shape index (κ1) is 13.2. The third kappa shape index (κ3) is 2.19. The zero-order chi connectivity index (χ0) is 14.0. The molecule has 0 radical (unpaired) electrons. The molecule has 0 saturated carbocycles. The first-order chi connectivity index (χ1) is 8.99. The van der Waals surface area contributed by atoms with Crippen LogP contribution in [0.5, 0.6) is 0 Å². The average molecular weight is 255 g/mol. The number of carbonyl (C=O) groups excluding carboxylic acids is 1. The van der Waals surface area contributed by atoms with Crippen LogP contribution in [0.3, 0.4) is 0 Å². The van der Waals surface area contributed by atoms with Gasteiger partial charge < -0.3 is 5.73 Å². The second kappa shape index (κ2) is 4.77. The lowest BCUT2D eigenvalue weighted by atomic mass is 9.89. The molecule has 98 valence electrons. The Hall–Kier alpha value is -2.28. The molecule has 0 saturated heterocycles. The van der Waals surface area contributed by atoms with Gasteiger partial charge in [0, 0.05) is 6.42 Å². The SMILES string of the molecule is C#CC(C)N1C(=O)N=C(N)C1(C)Cc1ccccc1. The highest BCUT2D eigenvalue weighted by atomic mass is 16.2. The van der Waals surface area contributed by atoms with Crippen LogP contribution in [-0.2, 0) is 6.42 Å². The van der Waals surface area contributed by atoms with Crippen molar-refractivity contribution < 1.29 is 4.79 Å². The number of terminal acetylenes is 1. The van der Waals surface area contributed by atoms with Crippen LogP contribution in [-0.4, -0.2) is 28.3 Å². The molecule has 2 N–H and O–H groups in total. The van der Waals surface area contributed by atoms with Crippen molar-refractivity contribution in [3.05, 3.63) is 35.9 Å². The number of urea groups is 1. The molecule has 0 aliphatic carbocycles. The van der Waals surface area contributed by atoms with Gasteiger partial charge in [-0.1, -0.05) is 36.3 Å². The molecule has 0 aromatic heterocycles. The van der Waals surface area contributed by atoms with Crippen molar-refractivity contribution >= 4 is 11.9 Å². The van der Waals surface area contributed by atoms with Gasteiger partial charge in [-0.25, -0.2) is 4.79 Å². The van der Waals surface area contributed by atoms with Crippen molar-refractivity contribution in [1.82, 2.24) is 4.90 Å². The fourth-order valence-electron chi connectivity index (χ4n) is 2.45. The van der Waals surface area contributed by atoms with E-state index in [-0.39, 0.29) is 12.1 Å². The van der Waals surface area contributed by atoms with E-state index in [0.717, 1.165) is 5.56 Å². The summed E-state index contributed by atoms with van der Waals surface area (Å²) in [7, 11) is 0. The molecule has 1 aromatic rings. The minimum Gasteiger partial charge on any atom is -0.385 e. The molecule has 1 aliphatic heterocycles. The number of amides is 2. The number of nitrogens with two attached hydrogens (primary N) is 1. The lowest BCUT2D eigenvalue weighted by Crippen LogP contribution is -2.56. The van der Waals surface area contributed by atoms with E-state index in [4.69, 9.17) is 12.2 Å². The number of hydrogen-bond donors (Lipinski definition) is 1. The van der Waals surface area contributed by atoms with E-state index < -0.39 is 5.54 Å². The maximum Gasteiger partial charge on any atom is 0.347 e. The van der Waals surface area contributed by atoms with E-state index in [1.165, 1.54) is 0 Å². The Balaban J connectivity index is 2.36. The summed E-state index contributed by atoms with van der Waals surface area (Å²) in [6.45, 7) is 3.70. The summed E-state index contributed by atoms with van der Waals surface area (Å²) in [5, 5.41) is 0. The Morgan fingerprint density at radius 3 is 2.68 bits per heavy atom. The summed E-state index contributed by atoms with van der Waals surface area (Å²) in [6, 6.07) is 9.16. The molecule has 0 fully saturated rings. The summed E-state index contributed by atoms with van der Waals surface area (Å²) in [5.41, 5.74) is 6.38. The number of amidine groups is 1. The summed E-state index contributed by atoms with van der Waals surface area (Å²) >= 11 is 0. The average Bonchev–Trinajstić information content (AvgIpc) is 2.60. The van der Waals surface area contributed by atoms with Gasteiger partial charge in [-0.15, -0.1) is 6.42 Å². The van der Waals surface area contributed by atoms with Crippen LogP contribution in [0.25, 0.3) is 0 Å². The maximum atomic E-state index is 12.0. The number of rotatable bonds is 3. The number of benzene rings is 1. The predicted octanol–water partition coefficient (Wildman–Crippen LogP) is 1.80.